The van der Waals surface area contributed by atoms with Crippen molar-refractivity contribution in [2.24, 2.45) is 23.2 Å². The van der Waals surface area contributed by atoms with Gasteiger partial charge in [-0.3, -0.25) is 4.79 Å². The minimum atomic E-state index is -0.112. The topological polar surface area (TPSA) is 52.9 Å². The molecule has 0 aromatic heterocycles. The molecule has 96 valence electrons. The molecule has 0 atom stereocenters. The number of allylic oxidation sites excluding steroid dienone is 2. The predicted molar refractivity (Wildman–Crippen MR) is 68.1 cm³/mol. The SMILES string of the molecule is C/C(=C\C#N)NC(=O)C12CC3CC(CC(C3)C1)C2. The number of nitrogens with one attached hydrogen (secondary N) is 1. The zero-order valence-electron chi connectivity index (χ0n) is 10.9. The van der Waals surface area contributed by atoms with Crippen LogP contribution in [0.3, 0.4) is 0 Å². The maximum absolute atomic E-state index is 12.5. The number of rotatable bonds is 2. The van der Waals surface area contributed by atoms with Gasteiger partial charge < -0.3 is 5.32 Å². The van der Waals surface area contributed by atoms with Crippen molar-refractivity contribution in [3.63, 3.8) is 0 Å². The summed E-state index contributed by atoms with van der Waals surface area (Å²) in [7, 11) is 0. The second kappa shape index (κ2) is 4.12. The second-order valence-corrected chi connectivity index (χ2v) is 6.61. The van der Waals surface area contributed by atoms with Crippen LogP contribution in [0.2, 0.25) is 0 Å². The highest BCUT2D eigenvalue weighted by atomic mass is 16.2. The largest absolute Gasteiger partial charge is 0.329 e. The van der Waals surface area contributed by atoms with Crippen molar-refractivity contribution in [1.29, 1.82) is 5.26 Å². The van der Waals surface area contributed by atoms with Crippen LogP contribution in [-0.4, -0.2) is 5.91 Å². The van der Waals surface area contributed by atoms with Crippen molar-refractivity contribution in [3.8, 4) is 6.07 Å². The summed E-state index contributed by atoms with van der Waals surface area (Å²) in [5.74, 6) is 2.51. The summed E-state index contributed by atoms with van der Waals surface area (Å²) in [5, 5.41) is 11.5. The van der Waals surface area contributed by atoms with Gasteiger partial charge in [-0.1, -0.05) is 0 Å². The van der Waals surface area contributed by atoms with E-state index >= 15 is 0 Å². The number of nitriles is 1. The number of hydrogen-bond donors (Lipinski definition) is 1. The third-order valence-electron chi connectivity index (χ3n) is 5.11. The molecule has 4 rings (SSSR count). The van der Waals surface area contributed by atoms with Crippen molar-refractivity contribution in [1.82, 2.24) is 5.32 Å². The summed E-state index contributed by atoms with van der Waals surface area (Å²) in [4.78, 5) is 12.5. The van der Waals surface area contributed by atoms with Crippen LogP contribution in [0.25, 0.3) is 0 Å². The minimum Gasteiger partial charge on any atom is -0.329 e. The maximum Gasteiger partial charge on any atom is 0.230 e. The van der Waals surface area contributed by atoms with Gasteiger partial charge in [-0.25, -0.2) is 0 Å². The van der Waals surface area contributed by atoms with Crippen molar-refractivity contribution in [2.45, 2.75) is 45.4 Å². The Kier molecular flexibility index (Phi) is 2.69. The average Bonchev–Trinajstić information content (AvgIpc) is 2.27. The van der Waals surface area contributed by atoms with Crippen LogP contribution >= 0.6 is 0 Å². The summed E-state index contributed by atoms with van der Waals surface area (Å²) in [6.45, 7) is 1.79. The number of carbonyl (C=O) groups excluding carboxylic acids is 1. The van der Waals surface area contributed by atoms with E-state index < -0.39 is 0 Å². The van der Waals surface area contributed by atoms with Crippen molar-refractivity contribution in [2.75, 3.05) is 0 Å². The summed E-state index contributed by atoms with van der Waals surface area (Å²) in [6.07, 6.45) is 8.68. The lowest BCUT2D eigenvalue weighted by Crippen LogP contribution is -2.53. The zero-order valence-corrected chi connectivity index (χ0v) is 10.9. The fraction of sp³-hybridized carbons (Fsp3) is 0.733. The standard InChI is InChI=1S/C15H20N2O/c1-10(2-3-16)17-14(18)15-7-11-4-12(8-15)6-13(5-11)9-15/h2,11-13H,4-9H2,1H3,(H,17,18)/b10-2+. The quantitative estimate of drug-likeness (QED) is 0.759. The third kappa shape index (κ3) is 1.84. The van der Waals surface area contributed by atoms with Crippen LogP contribution in [-0.2, 0) is 4.79 Å². The number of nitrogens with zero attached hydrogens (tertiary/aromatic N) is 1. The molecule has 0 aliphatic heterocycles. The molecular weight excluding hydrogens is 224 g/mol. The van der Waals surface area contributed by atoms with Gasteiger partial charge in [0.05, 0.1) is 11.5 Å². The molecule has 1 amide bonds. The summed E-state index contributed by atoms with van der Waals surface area (Å²) < 4.78 is 0. The molecule has 0 saturated heterocycles. The third-order valence-corrected chi connectivity index (χ3v) is 5.11. The van der Waals surface area contributed by atoms with E-state index in [0.717, 1.165) is 37.0 Å². The summed E-state index contributed by atoms with van der Waals surface area (Å²) >= 11 is 0. The predicted octanol–water partition coefficient (Wildman–Crippen LogP) is 2.75. The van der Waals surface area contributed by atoms with Gasteiger partial charge in [0, 0.05) is 11.8 Å². The Hall–Kier alpha value is -1.30. The molecule has 3 heteroatoms. The van der Waals surface area contributed by atoms with E-state index in [1.807, 2.05) is 6.07 Å². The van der Waals surface area contributed by atoms with Crippen LogP contribution in [0.15, 0.2) is 11.8 Å². The fourth-order valence-corrected chi connectivity index (χ4v) is 4.83. The van der Waals surface area contributed by atoms with Crippen molar-refractivity contribution >= 4 is 5.91 Å². The van der Waals surface area contributed by atoms with E-state index in [0.29, 0.717) is 5.70 Å². The Morgan fingerprint density at radius 2 is 1.72 bits per heavy atom. The number of hydrogen-bond acceptors (Lipinski definition) is 2. The first-order valence-corrected chi connectivity index (χ1v) is 6.99. The van der Waals surface area contributed by atoms with E-state index in [1.54, 1.807) is 6.92 Å². The molecule has 0 spiro atoms. The van der Waals surface area contributed by atoms with Gasteiger partial charge in [0.1, 0.15) is 0 Å². The molecule has 4 bridgehead atoms. The molecule has 18 heavy (non-hydrogen) atoms. The van der Waals surface area contributed by atoms with Gasteiger partial charge in [0.15, 0.2) is 0 Å². The van der Waals surface area contributed by atoms with E-state index in [2.05, 4.69) is 5.32 Å². The van der Waals surface area contributed by atoms with Crippen molar-refractivity contribution in [3.05, 3.63) is 11.8 Å². The maximum atomic E-state index is 12.5. The molecule has 4 saturated carbocycles. The Morgan fingerprint density at radius 1 is 1.22 bits per heavy atom. The molecular formula is C15H20N2O. The molecule has 0 unspecified atom stereocenters. The van der Waals surface area contributed by atoms with E-state index in [-0.39, 0.29) is 11.3 Å². The molecule has 4 aliphatic carbocycles. The van der Waals surface area contributed by atoms with E-state index in [9.17, 15) is 4.79 Å². The highest BCUT2D eigenvalue weighted by Crippen LogP contribution is 2.60. The number of amides is 1. The van der Waals surface area contributed by atoms with E-state index in [1.165, 1.54) is 25.3 Å². The Bertz CT molecular complexity index is 409. The smallest absolute Gasteiger partial charge is 0.230 e. The van der Waals surface area contributed by atoms with E-state index in [4.69, 9.17) is 5.26 Å². The summed E-state index contributed by atoms with van der Waals surface area (Å²) in [6, 6.07) is 1.97. The van der Waals surface area contributed by atoms with Crippen LogP contribution < -0.4 is 5.32 Å². The molecule has 0 aromatic carbocycles. The molecule has 4 aliphatic rings. The molecule has 0 radical (unpaired) electrons. The van der Waals surface area contributed by atoms with Gasteiger partial charge in [0.2, 0.25) is 5.91 Å². The molecule has 1 N–H and O–H groups in total. The van der Waals surface area contributed by atoms with Crippen LogP contribution in [0.4, 0.5) is 0 Å². The van der Waals surface area contributed by atoms with Crippen LogP contribution in [0.5, 0.6) is 0 Å². The van der Waals surface area contributed by atoms with Crippen LogP contribution in [0.1, 0.15) is 45.4 Å². The molecule has 3 nitrogen and oxygen atoms in total. The lowest BCUT2D eigenvalue weighted by Gasteiger charge is -2.55. The molecule has 4 fully saturated rings. The Morgan fingerprint density at radius 3 is 2.17 bits per heavy atom. The monoisotopic (exact) mass is 244 g/mol. The minimum absolute atomic E-state index is 0.112. The highest BCUT2D eigenvalue weighted by molar-refractivity contribution is 5.84. The number of carbonyl (C=O) groups is 1. The van der Waals surface area contributed by atoms with Crippen molar-refractivity contribution < 1.29 is 4.79 Å². The van der Waals surface area contributed by atoms with Gasteiger partial charge in [-0.2, -0.15) is 5.26 Å². The molecule has 0 heterocycles. The highest BCUT2D eigenvalue weighted by Gasteiger charge is 2.54. The van der Waals surface area contributed by atoms with Gasteiger partial charge >= 0.3 is 0 Å². The second-order valence-electron chi connectivity index (χ2n) is 6.61. The summed E-state index contributed by atoms with van der Waals surface area (Å²) in [5.41, 5.74) is 0.567. The molecule has 0 aromatic rings. The Labute approximate surface area is 108 Å². The van der Waals surface area contributed by atoms with Crippen LogP contribution in [0, 0.1) is 34.5 Å². The Balaban J connectivity index is 1.77. The zero-order chi connectivity index (χ0) is 12.8. The lowest BCUT2D eigenvalue weighted by atomic mass is 9.49. The first-order valence-electron chi connectivity index (χ1n) is 6.99. The normalized spacial score (nSPS) is 41.6. The van der Waals surface area contributed by atoms with Gasteiger partial charge in [-0.05, 0) is 63.2 Å². The first kappa shape index (κ1) is 11.8. The average molecular weight is 244 g/mol. The van der Waals surface area contributed by atoms with Gasteiger partial charge in [0.25, 0.3) is 0 Å². The fourth-order valence-electron chi connectivity index (χ4n) is 4.83. The van der Waals surface area contributed by atoms with Gasteiger partial charge in [-0.15, -0.1) is 0 Å². The first-order chi connectivity index (χ1) is 8.61. The lowest BCUT2D eigenvalue weighted by molar-refractivity contribution is -0.145.